The van der Waals surface area contributed by atoms with E-state index in [0.717, 1.165) is 5.56 Å². The Morgan fingerprint density at radius 2 is 2.19 bits per heavy atom. The van der Waals surface area contributed by atoms with E-state index in [4.69, 9.17) is 4.74 Å². The molecule has 0 radical (unpaired) electrons. The van der Waals surface area contributed by atoms with Crippen molar-refractivity contribution in [3.63, 3.8) is 0 Å². The minimum absolute atomic E-state index is 0.105. The monoisotopic (exact) mass is 218 g/mol. The number of hydrogen-bond acceptors (Lipinski definition) is 5. The van der Waals surface area contributed by atoms with Gasteiger partial charge in [-0.2, -0.15) is 5.10 Å². The first-order valence-corrected chi connectivity index (χ1v) is 4.81. The number of esters is 1. The van der Waals surface area contributed by atoms with Crippen LogP contribution in [0.5, 0.6) is 0 Å². The lowest BCUT2D eigenvalue weighted by molar-refractivity contribution is 0.0512. The van der Waals surface area contributed by atoms with Crippen molar-refractivity contribution < 1.29 is 9.53 Å². The van der Waals surface area contributed by atoms with Crippen LogP contribution in [0, 0.1) is 0 Å². The first-order chi connectivity index (χ1) is 7.81. The number of carbonyl (C=O) groups excluding carboxylic acids is 1. The van der Waals surface area contributed by atoms with Gasteiger partial charge in [0, 0.05) is 18.0 Å². The Morgan fingerprint density at radius 1 is 1.44 bits per heavy atom. The molecular formula is C10H10N4O2. The molecule has 0 aliphatic carbocycles. The second-order valence-electron chi connectivity index (χ2n) is 2.96. The maximum absolute atomic E-state index is 11.3. The van der Waals surface area contributed by atoms with Gasteiger partial charge in [0.2, 0.25) is 5.82 Å². The van der Waals surface area contributed by atoms with Crippen LogP contribution in [0.2, 0.25) is 0 Å². The fourth-order valence-electron chi connectivity index (χ4n) is 1.18. The maximum Gasteiger partial charge on any atom is 0.375 e. The van der Waals surface area contributed by atoms with Gasteiger partial charge in [-0.25, -0.2) is 9.78 Å². The van der Waals surface area contributed by atoms with Crippen LogP contribution < -0.4 is 0 Å². The number of carbonyl (C=O) groups is 1. The number of aromatic nitrogens is 4. The van der Waals surface area contributed by atoms with Crippen LogP contribution >= 0.6 is 0 Å². The van der Waals surface area contributed by atoms with Gasteiger partial charge in [0.15, 0.2) is 5.82 Å². The number of H-pyrrole nitrogens is 1. The molecule has 6 nitrogen and oxygen atoms in total. The lowest BCUT2D eigenvalue weighted by Gasteiger charge is -1.95. The van der Waals surface area contributed by atoms with Crippen LogP contribution in [0.1, 0.15) is 17.5 Å². The van der Waals surface area contributed by atoms with Crippen molar-refractivity contribution in [1.29, 1.82) is 0 Å². The Balaban J connectivity index is 2.23. The molecule has 0 bridgehead atoms. The van der Waals surface area contributed by atoms with E-state index in [0.29, 0.717) is 12.4 Å². The second-order valence-corrected chi connectivity index (χ2v) is 2.96. The maximum atomic E-state index is 11.3. The first-order valence-electron chi connectivity index (χ1n) is 4.81. The Labute approximate surface area is 91.7 Å². The minimum Gasteiger partial charge on any atom is -0.460 e. The summed E-state index contributed by atoms with van der Waals surface area (Å²) in [7, 11) is 0. The quantitative estimate of drug-likeness (QED) is 0.778. The Kier molecular flexibility index (Phi) is 2.90. The zero-order valence-electron chi connectivity index (χ0n) is 8.67. The number of nitrogens with zero attached hydrogens (tertiary/aromatic N) is 3. The van der Waals surface area contributed by atoms with Gasteiger partial charge in [-0.3, -0.25) is 10.1 Å². The second kappa shape index (κ2) is 4.52. The Morgan fingerprint density at radius 3 is 2.88 bits per heavy atom. The summed E-state index contributed by atoms with van der Waals surface area (Å²) in [5.41, 5.74) is 0.793. The van der Waals surface area contributed by atoms with E-state index in [1.54, 1.807) is 31.5 Å². The summed E-state index contributed by atoms with van der Waals surface area (Å²) in [4.78, 5) is 19.2. The van der Waals surface area contributed by atoms with Crippen molar-refractivity contribution in [3.8, 4) is 11.4 Å². The van der Waals surface area contributed by atoms with Crippen LogP contribution in [0.25, 0.3) is 11.4 Å². The molecule has 2 aromatic rings. The SMILES string of the molecule is CCOC(=O)c1nc(-c2ccncc2)n[nH]1. The number of ether oxygens (including phenoxy) is 1. The van der Waals surface area contributed by atoms with Gasteiger partial charge in [0.05, 0.1) is 6.61 Å². The van der Waals surface area contributed by atoms with Gasteiger partial charge >= 0.3 is 5.97 Å². The molecule has 0 spiro atoms. The first kappa shape index (κ1) is 10.3. The van der Waals surface area contributed by atoms with Crippen LogP contribution in [0.4, 0.5) is 0 Å². The smallest absolute Gasteiger partial charge is 0.375 e. The molecule has 2 heterocycles. The van der Waals surface area contributed by atoms with Crippen LogP contribution in [0.15, 0.2) is 24.5 Å². The predicted molar refractivity (Wildman–Crippen MR) is 55.6 cm³/mol. The summed E-state index contributed by atoms with van der Waals surface area (Å²) in [6, 6.07) is 3.52. The topological polar surface area (TPSA) is 80.8 Å². The van der Waals surface area contributed by atoms with Crippen molar-refractivity contribution in [2.75, 3.05) is 6.61 Å². The lowest BCUT2D eigenvalue weighted by atomic mass is 10.2. The highest BCUT2D eigenvalue weighted by Gasteiger charge is 2.13. The Hall–Kier alpha value is -2.24. The van der Waals surface area contributed by atoms with E-state index in [9.17, 15) is 4.79 Å². The van der Waals surface area contributed by atoms with Gasteiger partial charge in [0.1, 0.15) is 0 Å². The van der Waals surface area contributed by atoms with Crippen LogP contribution in [-0.2, 0) is 4.74 Å². The third-order valence-corrected chi connectivity index (χ3v) is 1.89. The van der Waals surface area contributed by atoms with Crippen molar-refractivity contribution >= 4 is 5.97 Å². The molecule has 0 atom stereocenters. The van der Waals surface area contributed by atoms with Gasteiger partial charge in [-0.05, 0) is 19.1 Å². The standard InChI is InChI=1S/C10H10N4O2/c1-2-16-10(15)9-12-8(13-14-9)7-3-5-11-6-4-7/h3-6H,2H2,1H3,(H,12,13,14). The average Bonchev–Trinajstić information content (AvgIpc) is 2.80. The van der Waals surface area contributed by atoms with Gasteiger partial charge in [-0.15, -0.1) is 0 Å². The Bertz CT molecular complexity index is 481. The molecule has 0 fully saturated rings. The number of pyridine rings is 1. The summed E-state index contributed by atoms with van der Waals surface area (Å²) >= 11 is 0. The molecule has 0 aromatic carbocycles. The highest BCUT2D eigenvalue weighted by Crippen LogP contribution is 2.12. The fourth-order valence-corrected chi connectivity index (χ4v) is 1.18. The third-order valence-electron chi connectivity index (χ3n) is 1.89. The van der Waals surface area contributed by atoms with Gasteiger partial charge in [0.25, 0.3) is 0 Å². The molecule has 82 valence electrons. The fraction of sp³-hybridized carbons (Fsp3) is 0.200. The van der Waals surface area contributed by atoms with Crippen molar-refractivity contribution in [2.45, 2.75) is 6.92 Å². The third kappa shape index (κ3) is 2.05. The molecule has 0 aliphatic rings. The molecule has 0 aliphatic heterocycles. The van der Waals surface area contributed by atoms with Crippen molar-refractivity contribution in [2.24, 2.45) is 0 Å². The number of hydrogen-bond donors (Lipinski definition) is 1. The lowest BCUT2D eigenvalue weighted by Crippen LogP contribution is -2.06. The summed E-state index contributed by atoms with van der Waals surface area (Å²) in [6.45, 7) is 2.04. The molecule has 0 saturated heterocycles. The molecule has 1 N–H and O–H groups in total. The zero-order valence-corrected chi connectivity index (χ0v) is 8.67. The predicted octanol–water partition coefficient (Wildman–Crippen LogP) is 1.04. The molecule has 2 aromatic heterocycles. The molecule has 0 saturated carbocycles. The van der Waals surface area contributed by atoms with Gasteiger partial charge in [-0.1, -0.05) is 0 Å². The molecule has 0 amide bonds. The van der Waals surface area contributed by atoms with Crippen molar-refractivity contribution in [3.05, 3.63) is 30.4 Å². The minimum atomic E-state index is -0.504. The van der Waals surface area contributed by atoms with E-state index >= 15 is 0 Å². The van der Waals surface area contributed by atoms with Crippen molar-refractivity contribution in [1.82, 2.24) is 20.2 Å². The van der Waals surface area contributed by atoms with E-state index in [1.165, 1.54) is 0 Å². The highest BCUT2D eigenvalue weighted by atomic mass is 16.5. The van der Waals surface area contributed by atoms with E-state index in [2.05, 4.69) is 20.2 Å². The number of rotatable bonds is 3. The molecular weight excluding hydrogens is 208 g/mol. The summed E-state index contributed by atoms with van der Waals surface area (Å²) in [5, 5.41) is 6.46. The molecule has 16 heavy (non-hydrogen) atoms. The number of nitrogens with one attached hydrogen (secondary N) is 1. The van der Waals surface area contributed by atoms with E-state index in [-0.39, 0.29) is 5.82 Å². The number of aromatic amines is 1. The summed E-state index contributed by atoms with van der Waals surface area (Å²) in [5.74, 6) is 0.0504. The van der Waals surface area contributed by atoms with Crippen LogP contribution in [-0.4, -0.2) is 32.7 Å². The molecule has 0 unspecified atom stereocenters. The average molecular weight is 218 g/mol. The largest absolute Gasteiger partial charge is 0.460 e. The van der Waals surface area contributed by atoms with Crippen LogP contribution in [0.3, 0.4) is 0 Å². The summed E-state index contributed by atoms with van der Waals surface area (Å²) < 4.78 is 4.79. The summed E-state index contributed by atoms with van der Waals surface area (Å²) in [6.07, 6.45) is 3.27. The molecule has 6 heteroatoms. The highest BCUT2D eigenvalue weighted by molar-refractivity contribution is 5.85. The van der Waals surface area contributed by atoms with E-state index < -0.39 is 5.97 Å². The molecule has 2 rings (SSSR count). The van der Waals surface area contributed by atoms with E-state index in [1.807, 2.05) is 0 Å². The zero-order chi connectivity index (χ0) is 11.4. The van der Waals surface area contributed by atoms with Gasteiger partial charge < -0.3 is 4.74 Å². The normalized spacial score (nSPS) is 10.1.